The first-order valence-corrected chi connectivity index (χ1v) is 8.17. The van der Waals surface area contributed by atoms with E-state index in [1.165, 1.54) is 7.11 Å². The molecule has 2 fully saturated rings. The van der Waals surface area contributed by atoms with Gasteiger partial charge in [-0.25, -0.2) is 0 Å². The summed E-state index contributed by atoms with van der Waals surface area (Å²) >= 11 is 0. The van der Waals surface area contributed by atoms with E-state index in [0.717, 1.165) is 38.9 Å². The minimum atomic E-state index is -0.465. The van der Waals surface area contributed by atoms with Gasteiger partial charge in [-0.2, -0.15) is 0 Å². The Kier molecular flexibility index (Phi) is 5.28. The van der Waals surface area contributed by atoms with Crippen LogP contribution in [-0.2, 0) is 9.53 Å². The lowest BCUT2D eigenvalue weighted by atomic mass is 9.97. The molecule has 0 bridgehead atoms. The Morgan fingerprint density at radius 1 is 1.43 bits per heavy atom. The first kappa shape index (κ1) is 16.7. The topological polar surface area (TPSA) is 44.8 Å². The molecule has 4 atom stereocenters. The fourth-order valence-corrected chi connectivity index (χ4v) is 4.24. The normalized spacial score (nSPS) is 37.3. The van der Waals surface area contributed by atoms with Crippen molar-refractivity contribution in [1.82, 2.24) is 15.1 Å². The number of likely N-dealkylation sites (tertiary alicyclic amines) is 1. The quantitative estimate of drug-likeness (QED) is 0.765. The van der Waals surface area contributed by atoms with Gasteiger partial charge in [-0.05, 0) is 45.8 Å². The lowest BCUT2D eigenvalue weighted by Gasteiger charge is -2.30. The Balaban J connectivity index is 2.03. The highest BCUT2D eigenvalue weighted by molar-refractivity contribution is 5.81. The molecule has 1 saturated carbocycles. The predicted molar refractivity (Wildman–Crippen MR) is 84.3 cm³/mol. The molecule has 21 heavy (non-hydrogen) atoms. The molecule has 0 aromatic heterocycles. The molecule has 2 aliphatic rings. The molecule has 1 N–H and O–H groups in total. The van der Waals surface area contributed by atoms with Crippen LogP contribution in [0.3, 0.4) is 0 Å². The second kappa shape index (κ2) is 6.63. The van der Waals surface area contributed by atoms with Crippen LogP contribution in [0.4, 0.5) is 0 Å². The molecule has 5 heteroatoms. The van der Waals surface area contributed by atoms with Crippen molar-refractivity contribution in [2.45, 2.75) is 50.7 Å². The highest BCUT2D eigenvalue weighted by Crippen LogP contribution is 2.36. The Morgan fingerprint density at radius 3 is 2.67 bits per heavy atom. The molecule has 0 aromatic rings. The van der Waals surface area contributed by atoms with Crippen molar-refractivity contribution >= 4 is 5.97 Å². The molecule has 1 aliphatic heterocycles. The Morgan fingerprint density at radius 2 is 2.14 bits per heavy atom. The average molecular weight is 297 g/mol. The number of rotatable bonds is 5. The van der Waals surface area contributed by atoms with Gasteiger partial charge in [0.1, 0.15) is 5.54 Å². The van der Waals surface area contributed by atoms with E-state index in [-0.39, 0.29) is 5.97 Å². The van der Waals surface area contributed by atoms with Crippen LogP contribution in [0.1, 0.15) is 33.1 Å². The molecular formula is C16H31N3O2. The number of likely N-dealkylation sites (N-methyl/N-ethyl adjacent to an activating group) is 2. The minimum Gasteiger partial charge on any atom is -0.468 e. The maximum Gasteiger partial charge on any atom is 0.326 e. The van der Waals surface area contributed by atoms with Gasteiger partial charge in [0.05, 0.1) is 7.11 Å². The molecule has 2 rings (SSSR count). The van der Waals surface area contributed by atoms with Crippen LogP contribution in [0.5, 0.6) is 0 Å². The van der Waals surface area contributed by atoms with Crippen LogP contribution in [0.2, 0.25) is 0 Å². The Labute approximate surface area is 129 Å². The summed E-state index contributed by atoms with van der Waals surface area (Å²) in [5, 5.41) is 3.40. The van der Waals surface area contributed by atoms with Crippen molar-refractivity contribution in [3.8, 4) is 0 Å². The van der Waals surface area contributed by atoms with Crippen molar-refractivity contribution in [3.05, 3.63) is 0 Å². The molecule has 0 radical (unpaired) electrons. The third kappa shape index (κ3) is 3.25. The summed E-state index contributed by atoms with van der Waals surface area (Å²) in [6.45, 7) is 7.44. The number of esters is 1. The maximum atomic E-state index is 12.2. The molecule has 5 nitrogen and oxygen atoms in total. The molecule has 122 valence electrons. The molecule has 1 aliphatic carbocycles. The number of nitrogens with zero attached hydrogens (tertiary/aromatic N) is 2. The number of hydrogen-bond donors (Lipinski definition) is 1. The van der Waals surface area contributed by atoms with Crippen molar-refractivity contribution in [2.75, 3.05) is 40.8 Å². The van der Waals surface area contributed by atoms with Crippen molar-refractivity contribution in [2.24, 2.45) is 5.92 Å². The summed E-state index contributed by atoms with van der Waals surface area (Å²) in [4.78, 5) is 17.1. The molecule has 0 amide bonds. The largest absolute Gasteiger partial charge is 0.468 e. The van der Waals surface area contributed by atoms with Gasteiger partial charge in [-0.3, -0.25) is 9.69 Å². The van der Waals surface area contributed by atoms with Gasteiger partial charge in [0, 0.05) is 25.2 Å². The summed E-state index contributed by atoms with van der Waals surface area (Å²) in [6, 6.07) is 1.12. The third-order valence-corrected chi connectivity index (χ3v) is 5.36. The standard InChI is InChI=1S/C16H31N3O2/c1-6-17-16(15(20)21-5)8-7-13(9-16)19-10-12(2)14(11-19)18(3)4/h12-14,17H,6-11H2,1-5H3. The minimum absolute atomic E-state index is 0.0942. The monoisotopic (exact) mass is 297 g/mol. The van der Waals surface area contributed by atoms with E-state index in [1.54, 1.807) is 0 Å². The molecule has 4 unspecified atom stereocenters. The van der Waals surface area contributed by atoms with E-state index in [2.05, 4.69) is 43.1 Å². The fourth-order valence-electron chi connectivity index (χ4n) is 4.24. The molecule has 1 heterocycles. The molecule has 0 spiro atoms. The van der Waals surface area contributed by atoms with Crippen LogP contribution < -0.4 is 5.32 Å². The Bertz CT molecular complexity index is 375. The first-order chi connectivity index (χ1) is 9.93. The third-order valence-electron chi connectivity index (χ3n) is 5.36. The average Bonchev–Trinajstić information content (AvgIpc) is 3.03. The molecule has 0 aromatic carbocycles. The van der Waals surface area contributed by atoms with E-state index in [4.69, 9.17) is 4.74 Å². The van der Waals surface area contributed by atoms with Crippen LogP contribution in [0.25, 0.3) is 0 Å². The van der Waals surface area contributed by atoms with Crippen LogP contribution in [-0.4, -0.2) is 74.2 Å². The van der Waals surface area contributed by atoms with Gasteiger partial charge in [0.2, 0.25) is 0 Å². The highest BCUT2D eigenvalue weighted by atomic mass is 16.5. The number of ether oxygens (including phenoxy) is 1. The number of carbonyl (C=O) groups is 1. The molecule has 1 saturated heterocycles. The van der Waals surface area contributed by atoms with E-state index >= 15 is 0 Å². The van der Waals surface area contributed by atoms with Crippen LogP contribution >= 0.6 is 0 Å². The smallest absolute Gasteiger partial charge is 0.326 e. The summed E-state index contributed by atoms with van der Waals surface area (Å²) in [5.74, 6) is 0.593. The summed E-state index contributed by atoms with van der Waals surface area (Å²) < 4.78 is 5.05. The predicted octanol–water partition coefficient (Wildman–Crippen LogP) is 0.942. The molecular weight excluding hydrogens is 266 g/mol. The lowest BCUT2D eigenvalue weighted by Crippen LogP contribution is -2.52. The zero-order chi connectivity index (χ0) is 15.6. The van der Waals surface area contributed by atoms with Gasteiger partial charge in [-0.15, -0.1) is 0 Å². The SMILES string of the molecule is CCNC1(C(=O)OC)CCC(N2CC(C)C(N(C)C)C2)C1. The maximum absolute atomic E-state index is 12.2. The number of hydrogen-bond acceptors (Lipinski definition) is 5. The van der Waals surface area contributed by atoms with Crippen LogP contribution in [0.15, 0.2) is 0 Å². The zero-order valence-corrected chi connectivity index (χ0v) is 14.2. The van der Waals surface area contributed by atoms with Crippen molar-refractivity contribution in [1.29, 1.82) is 0 Å². The van der Waals surface area contributed by atoms with Crippen molar-refractivity contribution < 1.29 is 9.53 Å². The van der Waals surface area contributed by atoms with Gasteiger partial charge in [-0.1, -0.05) is 13.8 Å². The van der Waals surface area contributed by atoms with Gasteiger partial charge < -0.3 is 15.0 Å². The van der Waals surface area contributed by atoms with Gasteiger partial charge in [0.25, 0.3) is 0 Å². The highest BCUT2D eigenvalue weighted by Gasteiger charge is 2.48. The lowest BCUT2D eigenvalue weighted by molar-refractivity contribution is -0.148. The Hall–Kier alpha value is -0.650. The van der Waals surface area contributed by atoms with E-state index < -0.39 is 5.54 Å². The number of methoxy groups -OCH3 is 1. The van der Waals surface area contributed by atoms with Crippen molar-refractivity contribution in [3.63, 3.8) is 0 Å². The summed E-state index contributed by atoms with van der Waals surface area (Å²) in [5.41, 5.74) is -0.465. The number of nitrogens with one attached hydrogen (secondary N) is 1. The van der Waals surface area contributed by atoms with E-state index in [1.807, 2.05) is 0 Å². The van der Waals surface area contributed by atoms with E-state index in [9.17, 15) is 4.79 Å². The van der Waals surface area contributed by atoms with Gasteiger partial charge >= 0.3 is 5.97 Å². The summed E-state index contributed by atoms with van der Waals surface area (Å²) in [7, 11) is 5.82. The second-order valence-corrected chi connectivity index (χ2v) is 6.96. The van der Waals surface area contributed by atoms with Gasteiger partial charge in [0.15, 0.2) is 0 Å². The zero-order valence-electron chi connectivity index (χ0n) is 14.2. The first-order valence-electron chi connectivity index (χ1n) is 8.17. The second-order valence-electron chi connectivity index (χ2n) is 6.96. The summed E-state index contributed by atoms with van der Waals surface area (Å²) in [6.07, 6.45) is 2.84. The van der Waals surface area contributed by atoms with E-state index in [0.29, 0.717) is 18.0 Å². The van der Waals surface area contributed by atoms with Crippen LogP contribution in [0, 0.1) is 5.92 Å². The number of carbonyl (C=O) groups excluding carboxylic acids is 1. The fraction of sp³-hybridized carbons (Fsp3) is 0.938.